The number of ether oxygens (including phenoxy) is 5. The van der Waals surface area contributed by atoms with Crippen LogP contribution in [-0.4, -0.2) is 66.2 Å². The first-order chi connectivity index (χ1) is 15.9. The maximum Gasteiger partial charge on any atom is 0.404 e. The Labute approximate surface area is 194 Å². The fraction of sp³-hybridized carbons (Fsp3) is 0.500. The minimum atomic E-state index is -1.49. The minimum absolute atomic E-state index is 0.00596. The van der Waals surface area contributed by atoms with Gasteiger partial charge in [-0.15, -0.1) is 0 Å². The molecule has 4 atom stereocenters. The maximum absolute atomic E-state index is 12.4. The van der Waals surface area contributed by atoms with Crippen molar-refractivity contribution in [3.8, 4) is 11.5 Å². The Kier molecular flexibility index (Phi) is 7.05. The highest BCUT2D eigenvalue weighted by atomic mass is 16.7. The van der Waals surface area contributed by atoms with Crippen LogP contribution >= 0.6 is 0 Å². The molecule has 0 aliphatic carbocycles. The van der Waals surface area contributed by atoms with Crippen LogP contribution in [0.2, 0.25) is 0 Å². The Balaban J connectivity index is 2.00. The van der Waals surface area contributed by atoms with E-state index in [1.54, 1.807) is 27.7 Å². The molecule has 2 aromatic rings. The van der Waals surface area contributed by atoms with E-state index >= 15 is 0 Å². The lowest BCUT2D eigenvalue weighted by atomic mass is 9.89. The molecule has 1 aliphatic rings. The molecule has 186 valence electrons. The monoisotopic (exact) mass is 481 g/mol. The van der Waals surface area contributed by atoms with Crippen LogP contribution in [0.5, 0.6) is 11.5 Å². The van der Waals surface area contributed by atoms with Crippen LogP contribution in [-0.2, 0) is 18.9 Å². The number of hydrogen-bond acceptors (Lipinski definition) is 11. The first-order valence-electron chi connectivity index (χ1n) is 10.4. The molecule has 12 heteroatoms. The van der Waals surface area contributed by atoms with E-state index in [1.165, 1.54) is 19.2 Å². The first-order valence-corrected chi connectivity index (χ1v) is 10.4. The number of fused-ring (bicyclic) bond motifs is 1. The fourth-order valence-corrected chi connectivity index (χ4v) is 3.95. The summed E-state index contributed by atoms with van der Waals surface area (Å²) in [5.74, 6) is -1.47. The summed E-state index contributed by atoms with van der Waals surface area (Å²) in [4.78, 5) is 35.8. The number of rotatable bonds is 6. The third-order valence-corrected chi connectivity index (χ3v) is 5.49. The van der Waals surface area contributed by atoms with Crippen molar-refractivity contribution in [2.24, 2.45) is 5.73 Å². The Morgan fingerprint density at radius 3 is 2.53 bits per heavy atom. The van der Waals surface area contributed by atoms with E-state index in [4.69, 9.17) is 33.8 Å². The van der Waals surface area contributed by atoms with Gasteiger partial charge in [0.2, 0.25) is 6.29 Å². The van der Waals surface area contributed by atoms with E-state index < -0.39 is 59.2 Å². The quantitative estimate of drug-likeness (QED) is 0.401. The summed E-state index contributed by atoms with van der Waals surface area (Å²) < 4.78 is 32.2. The van der Waals surface area contributed by atoms with Crippen LogP contribution in [0.25, 0.3) is 11.0 Å². The standard InChI is InChI=1S/C22H27NO11/c1-6-30-18(26)12-13(24)10-7-8-11(9(2)15(10)32-19(12)27)31-20-14(25)16(33-21(23)28)17(29-5)22(3,4)34-20/h7-8,14,16-17,20,24-25H,6H2,1-5H3,(H2,23,28)/t14-,16+,17-,20-/m1/s1. The second-order valence-electron chi connectivity index (χ2n) is 8.15. The van der Waals surface area contributed by atoms with Crippen molar-refractivity contribution in [3.63, 3.8) is 0 Å². The molecule has 1 aromatic carbocycles. The lowest BCUT2D eigenvalue weighted by molar-refractivity contribution is -0.304. The zero-order valence-corrected chi connectivity index (χ0v) is 19.3. The van der Waals surface area contributed by atoms with E-state index in [0.717, 1.165) is 0 Å². The van der Waals surface area contributed by atoms with Crippen molar-refractivity contribution in [3.05, 3.63) is 33.7 Å². The van der Waals surface area contributed by atoms with Gasteiger partial charge < -0.3 is 44.0 Å². The van der Waals surface area contributed by atoms with Gasteiger partial charge in [0.1, 0.15) is 23.2 Å². The third kappa shape index (κ3) is 4.52. The van der Waals surface area contributed by atoms with Crippen molar-refractivity contribution >= 4 is 23.0 Å². The molecule has 0 radical (unpaired) electrons. The van der Waals surface area contributed by atoms with Crippen molar-refractivity contribution in [1.82, 2.24) is 0 Å². The molecular formula is C22H27NO11. The molecule has 0 unspecified atom stereocenters. The molecule has 0 spiro atoms. The van der Waals surface area contributed by atoms with Crippen molar-refractivity contribution in [2.75, 3.05) is 13.7 Å². The van der Waals surface area contributed by atoms with Gasteiger partial charge in [0, 0.05) is 12.7 Å². The number of primary amides is 1. The topological polar surface area (TPSA) is 177 Å². The molecule has 4 N–H and O–H groups in total. The number of methoxy groups -OCH3 is 1. The van der Waals surface area contributed by atoms with Crippen LogP contribution in [0.3, 0.4) is 0 Å². The number of aryl methyl sites for hydroxylation is 1. The summed E-state index contributed by atoms with van der Waals surface area (Å²) >= 11 is 0. The average Bonchev–Trinajstić information content (AvgIpc) is 2.73. The van der Waals surface area contributed by atoms with Gasteiger partial charge in [0.25, 0.3) is 0 Å². The molecule has 1 saturated heterocycles. The largest absolute Gasteiger partial charge is 0.506 e. The summed E-state index contributed by atoms with van der Waals surface area (Å²) in [7, 11) is 1.37. The molecule has 1 aliphatic heterocycles. The highest BCUT2D eigenvalue weighted by molar-refractivity contribution is 5.99. The Morgan fingerprint density at radius 1 is 1.26 bits per heavy atom. The van der Waals surface area contributed by atoms with E-state index in [1.807, 2.05) is 0 Å². The number of aliphatic hydroxyl groups excluding tert-OH is 1. The molecule has 1 amide bonds. The van der Waals surface area contributed by atoms with Crippen molar-refractivity contribution in [1.29, 1.82) is 0 Å². The molecular weight excluding hydrogens is 454 g/mol. The lowest BCUT2D eigenvalue weighted by Gasteiger charge is -2.47. The normalized spacial score (nSPS) is 23.9. The first kappa shape index (κ1) is 25.3. The molecule has 3 rings (SSSR count). The smallest absolute Gasteiger partial charge is 0.404 e. The van der Waals surface area contributed by atoms with Gasteiger partial charge in [0.05, 0.1) is 17.6 Å². The number of esters is 1. The van der Waals surface area contributed by atoms with Crippen LogP contribution in [0, 0.1) is 6.92 Å². The summed E-state index contributed by atoms with van der Waals surface area (Å²) in [5, 5.41) is 21.4. The second-order valence-corrected chi connectivity index (χ2v) is 8.15. The SMILES string of the molecule is CCOC(=O)c1c(O)c2ccc(O[C@@H]3OC(C)(C)[C@H](OC)[C@@H](OC(N)=O)[C@H]3O)c(C)c2oc1=O. The number of carbonyl (C=O) groups is 2. The zero-order valence-electron chi connectivity index (χ0n) is 19.3. The predicted octanol–water partition coefficient (Wildman–Crippen LogP) is 1.34. The van der Waals surface area contributed by atoms with Crippen molar-refractivity contribution < 1.29 is 47.9 Å². The van der Waals surface area contributed by atoms with Crippen LogP contribution in [0.1, 0.15) is 36.7 Å². The molecule has 1 aromatic heterocycles. The fourth-order valence-electron chi connectivity index (χ4n) is 3.95. The van der Waals surface area contributed by atoms with Gasteiger partial charge in [-0.2, -0.15) is 0 Å². The van der Waals surface area contributed by atoms with Crippen molar-refractivity contribution in [2.45, 2.75) is 57.9 Å². The summed E-state index contributed by atoms with van der Waals surface area (Å²) in [5.41, 5.74) is 2.61. The number of aliphatic hydroxyl groups is 1. The molecule has 2 heterocycles. The number of amides is 1. The summed E-state index contributed by atoms with van der Waals surface area (Å²) in [6.45, 7) is 6.41. The number of benzene rings is 1. The minimum Gasteiger partial charge on any atom is -0.506 e. The zero-order chi connectivity index (χ0) is 25.4. The molecule has 0 bridgehead atoms. The molecule has 34 heavy (non-hydrogen) atoms. The van der Waals surface area contributed by atoms with Gasteiger partial charge in [0.15, 0.2) is 17.8 Å². The Bertz CT molecular complexity index is 1160. The van der Waals surface area contributed by atoms with Gasteiger partial charge in [-0.25, -0.2) is 14.4 Å². The molecule has 1 fully saturated rings. The Morgan fingerprint density at radius 2 is 1.94 bits per heavy atom. The number of aromatic hydroxyl groups is 1. The highest BCUT2D eigenvalue weighted by Gasteiger charge is 2.53. The van der Waals surface area contributed by atoms with E-state index in [2.05, 4.69) is 0 Å². The highest BCUT2D eigenvalue weighted by Crippen LogP contribution is 2.37. The van der Waals surface area contributed by atoms with E-state index in [0.29, 0.717) is 0 Å². The summed E-state index contributed by atoms with van der Waals surface area (Å²) in [6, 6.07) is 2.80. The molecule has 12 nitrogen and oxygen atoms in total. The van der Waals surface area contributed by atoms with Crippen LogP contribution in [0.15, 0.2) is 21.3 Å². The van der Waals surface area contributed by atoms with E-state index in [-0.39, 0.29) is 28.9 Å². The Hall–Kier alpha value is -3.35. The van der Waals surface area contributed by atoms with Gasteiger partial charge >= 0.3 is 17.7 Å². The second kappa shape index (κ2) is 9.49. The third-order valence-electron chi connectivity index (χ3n) is 5.49. The lowest BCUT2D eigenvalue weighted by Crippen LogP contribution is -2.65. The van der Waals surface area contributed by atoms with Crippen LogP contribution in [0.4, 0.5) is 4.79 Å². The van der Waals surface area contributed by atoms with Gasteiger partial charge in [-0.3, -0.25) is 0 Å². The van der Waals surface area contributed by atoms with Crippen LogP contribution < -0.4 is 16.1 Å². The van der Waals surface area contributed by atoms with Gasteiger partial charge in [-0.05, 0) is 39.8 Å². The predicted molar refractivity (Wildman–Crippen MR) is 116 cm³/mol. The number of nitrogens with two attached hydrogens (primary N) is 1. The maximum atomic E-state index is 12.4. The van der Waals surface area contributed by atoms with E-state index in [9.17, 15) is 24.6 Å². The summed E-state index contributed by atoms with van der Waals surface area (Å²) in [6.07, 6.45) is -6.00. The average molecular weight is 481 g/mol. The van der Waals surface area contributed by atoms with Gasteiger partial charge in [-0.1, -0.05) is 0 Å². The number of carbonyl (C=O) groups excluding carboxylic acids is 2. The molecule has 0 saturated carbocycles. The number of hydrogen-bond donors (Lipinski definition) is 3.